The number of anilines is 1. The number of fused-ring (bicyclic) bond motifs is 1. The van der Waals surface area contributed by atoms with E-state index in [2.05, 4.69) is 20.4 Å². The minimum atomic E-state index is -0.771. The predicted molar refractivity (Wildman–Crippen MR) is 108 cm³/mol. The molecule has 8 nitrogen and oxygen atoms in total. The maximum absolute atomic E-state index is 11.8. The van der Waals surface area contributed by atoms with E-state index in [1.165, 1.54) is 0 Å². The smallest absolute Gasteiger partial charge is 0.163 e. The van der Waals surface area contributed by atoms with E-state index < -0.39 is 10.8 Å². The maximum atomic E-state index is 11.8. The molecule has 0 aliphatic carbocycles. The van der Waals surface area contributed by atoms with Crippen molar-refractivity contribution in [3.05, 3.63) is 35.8 Å². The van der Waals surface area contributed by atoms with Gasteiger partial charge in [0.15, 0.2) is 5.65 Å². The molecule has 0 spiro atoms. The van der Waals surface area contributed by atoms with Crippen molar-refractivity contribution < 1.29 is 13.7 Å². The summed E-state index contributed by atoms with van der Waals surface area (Å²) in [4.78, 5) is 8.88. The average Bonchev–Trinajstić information content (AvgIpc) is 3.29. The van der Waals surface area contributed by atoms with Crippen LogP contribution in [0.4, 0.5) is 5.82 Å². The lowest BCUT2D eigenvalue weighted by Gasteiger charge is -2.12. The molecule has 0 saturated carbocycles. The van der Waals surface area contributed by atoms with Crippen LogP contribution in [0.25, 0.3) is 11.0 Å². The van der Waals surface area contributed by atoms with Crippen LogP contribution in [-0.4, -0.2) is 49.7 Å². The first-order chi connectivity index (χ1) is 13.6. The third-order valence-electron chi connectivity index (χ3n) is 5.01. The Morgan fingerprint density at radius 1 is 1.29 bits per heavy atom. The molecule has 0 amide bonds. The van der Waals surface area contributed by atoms with Gasteiger partial charge < -0.3 is 14.8 Å². The molecule has 28 heavy (non-hydrogen) atoms. The van der Waals surface area contributed by atoms with Crippen molar-refractivity contribution in [2.75, 3.05) is 31.0 Å². The molecule has 1 aliphatic heterocycles. The lowest BCUT2D eigenvalue weighted by atomic mass is 10.2. The minimum Gasteiger partial charge on any atom is -0.497 e. The third kappa shape index (κ3) is 3.42. The van der Waals surface area contributed by atoms with Gasteiger partial charge in [0.05, 0.1) is 31.3 Å². The lowest BCUT2D eigenvalue weighted by molar-refractivity contribution is 0.391. The largest absolute Gasteiger partial charge is 0.497 e. The fraction of sp³-hybridized carbons (Fsp3) is 0.421. The number of benzene rings is 1. The van der Waals surface area contributed by atoms with Gasteiger partial charge in [-0.25, -0.2) is 14.6 Å². The molecule has 0 radical (unpaired) electrons. The maximum Gasteiger partial charge on any atom is 0.163 e. The first-order valence-corrected chi connectivity index (χ1v) is 10.6. The van der Waals surface area contributed by atoms with Crippen LogP contribution in [0.5, 0.6) is 11.5 Å². The second-order valence-electron chi connectivity index (χ2n) is 6.74. The summed E-state index contributed by atoms with van der Waals surface area (Å²) in [6, 6.07) is 5.85. The van der Waals surface area contributed by atoms with Crippen molar-refractivity contribution in [1.82, 2.24) is 19.7 Å². The lowest BCUT2D eigenvalue weighted by Crippen LogP contribution is -2.11. The molecule has 1 fully saturated rings. The molecule has 2 unspecified atom stereocenters. The molecule has 3 aromatic rings. The number of methoxy groups -OCH3 is 2. The van der Waals surface area contributed by atoms with Crippen molar-refractivity contribution in [2.45, 2.75) is 25.9 Å². The summed E-state index contributed by atoms with van der Waals surface area (Å²) in [5, 5.41) is 8.96. The highest BCUT2D eigenvalue weighted by molar-refractivity contribution is 7.85. The molecule has 2 atom stereocenters. The Hall–Kier alpha value is -2.68. The van der Waals surface area contributed by atoms with Gasteiger partial charge in [0, 0.05) is 40.5 Å². The van der Waals surface area contributed by atoms with Crippen LogP contribution in [0.1, 0.15) is 23.7 Å². The van der Waals surface area contributed by atoms with E-state index in [1.54, 1.807) is 20.5 Å². The van der Waals surface area contributed by atoms with Crippen molar-refractivity contribution >= 4 is 27.7 Å². The van der Waals surface area contributed by atoms with Crippen molar-refractivity contribution in [3.8, 4) is 11.5 Å². The highest BCUT2D eigenvalue weighted by Crippen LogP contribution is 2.30. The molecule has 2 aromatic heterocycles. The quantitative estimate of drug-likeness (QED) is 0.678. The van der Waals surface area contributed by atoms with Crippen molar-refractivity contribution in [3.63, 3.8) is 0 Å². The van der Waals surface area contributed by atoms with Crippen LogP contribution in [0.3, 0.4) is 0 Å². The Kier molecular flexibility index (Phi) is 5.17. The van der Waals surface area contributed by atoms with Gasteiger partial charge in [0.25, 0.3) is 0 Å². The van der Waals surface area contributed by atoms with Crippen LogP contribution >= 0.6 is 0 Å². The fourth-order valence-corrected chi connectivity index (χ4v) is 4.99. The van der Waals surface area contributed by atoms with Crippen LogP contribution in [0.15, 0.2) is 24.5 Å². The number of nitrogens with one attached hydrogen (secondary N) is 1. The molecular formula is C19H23N5O3S. The fourth-order valence-electron chi connectivity index (χ4n) is 3.55. The monoisotopic (exact) mass is 401 g/mol. The van der Waals surface area contributed by atoms with Crippen molar-refractivity contribution in [1.29, 1.82) is 0 Å². The number of nitrogens with zero attached hydrogens (tertiary/aromatic N) is 4. The molecule has 0 bridgehead atoms. The number of aryl methyl sites for hydroxylation is 1. The van der Waals surface area contributed by atoms with Gasteiger partial charge in [-0.1, -0.05) is 0 Å². The normalized spacial score (nSPS) is 19.1. The predicted octanol–water partition coefficient (Wildman–Crippen LogP) is 2.46. The Balaban J connectivity index is 1.63. The van der Waals surface area contributed by atoms with Crippen LogP contribution in [0, 0.1) is 6.92 Å². The van der Waals surface area contributed by atoms with Gasteiger partial charge in [0.1, 0.15) is 23.6 Å². The number of ether oxygens (including phenoxy) is 2. The summed E-state index contributed by atoms with van der Waals surface area (Å²) in [7, 11) is 2.50. The molecule has 148 valence electrons. The van der Waals surface area contributed by atoms with E-state index in [-0.39, 0.29) is 6.04 Å². The number of aromatic nitrogens is 4. The molecule has 1 saturated heterocycles. The van der Waals surface area contributed by atoms with Gasteiger partial charge in [0.2, 0.25) is 0 Å². The van der Waals surface area contributed by atoms with Crippen LogP contribution < -0.4 is 14.8 Å². The summed E-state index contributed by atoms with van der Waals surface area (Å²) in [5.74, 6) is 3.57. The van der Waals surface area contributed by atoms with E-state index in [1.807, 2.05) is 29.8 Å². The molecule has 9 heteroatoms. The second-order valence-corrected chi connectivity index (χ2v) is 8.36. The molecule has 4 rings (SSSR count). The number of hydrogen-bond acceptors (Lipinski definition) is 7. The van der Waals surface area contributed by atoms with Crippen LogP contribution in [0.2, 0.25) is 0 Å². The summed E-state index contributed by atoms with van der Waals surface area (Å²) in [5.41, 5.74) is 2.63. The molecule has 1 aliphatic rings. The van der Waals surface area contributed by atoms with E-state index >= 15 is 0 Å². The highest BCUT2D eigenvalue weighted by Gasteiger charge is 2.26. The summed E-state index contributed by atoms with van der Waals surface area (Å²) in [6.07, 6.45) is 2.40. The Morgan fingerprint density at radius 2 is 2.14 bits per heavy atom. The van der Waals surface area contributed by atoms with E-state index in [0.29, 0.717) is 12.3 Å². The van der Waals surface area contributed by atoms with Gasteiger partial charge in [-0.3, -0.25) is 4.21 Å². The molecule has 3 heterocycles. The Labute approximate surface area is 165 Å². The van der Waals surface area contributed by atoms with Gasteiger partial charge in [-0.2, -0.15) is 5.10 Å². The van der Waals surface area contributed by atoms with Gasteiger partial charge >= 0.3 is 0 Å². The molecule has 1 N–H and O–H groups in total. The first-order valence-electron chi connectivity index (χ1n) is 9.10. The van der Waals surface area contributed by atoms with Crippen molar-refractivity contribution in [2.24, 2.45) is 0 Å². The third-order valence-corrected chi connectivity index (χ3v) is 6.45. The second kappa shape index (κ2) is 7.75. The average molecular weight is 401 g/mol. The highest BCUT2D eigenvalue weighted by atomic mass is 32.2. The molecule has 1 aromatic carbocycles. The minimum absolute atomic E-state index is 0.126. The van der Waals surface area contributed by atoms with Gasteiger partial charge in [-0.15, -0.1) is 0 Å². The SMILES string of the molecule is COc1ccc(CNc2ncnc3c2c(C)nn3C2CCS(=O)C2)c(OC)c1. The van der Waals surface area contributed by atoms with Gasteiger partial charge in [-0.05, 0) is 25.5 Å². The Morgan fingerprint density at radius 3 is 2.86 bits per heavy atom. The number of hydrogen-bond donors (Lipinski definition) is 1. The van der Waals surface area contributed by atoms with E-state index in [9.17, 15) is 4.21 Å². The Bertz CT molecular complexity index is 1040. The van der Waals surface area contributed by atoms with E-state index in [0.717, 1.165) is 51.8 Å². The van der Waals surface area contributed by atoms with Crippen LogP contribution in [-0.2, 0) is 17.3 Å². The zero-order valence-electron chi connectivity index (χ0n) is 16.1. The topological polar surface area (TPSA) is 91.2 Å². The zero-order chi connectivity index (χ0) is 19.7. The summed E-state index contributed by atoms with van der Waals surface area (Å²) in [6.45, 7) is 2.49. The molecular weight excluding hydrogens is 378 g/mol. The number of rotatable bonds is 6. The van der Waals surface area contributed by atoms with E-state index in [4.69, 9.17) is 9.47 Å². The summed E-state index contributed by atoms with van der Waals surface area (Å²) >= 11 is 0. The zero-order valence-corrected chi connectivity index (χ0v) is 17.0. The standard InChI is InChI=1S/C19H23N5O3S/c1-12-17-18(20-9-13-4-5-15(26-2)8-16(13)27-3)21-11-22-19(17)24(23-12)14-6-7-28(25)10-14/h4-5,8,11,14H,6-7,9-10H2,1-3H3,(H,20,21,22). The summed E-state index contributed by atoms with van der Waals surface area (Å²) < 4.78 is 24.4. The first kappa shape index (κ1) is 18.7.